The molecule has 102 valence electrons. The van der Waals surface area contributed by atoms with Gasteiger partial charge in [0.1, 0.15) is 5.75 Å². The molecule has 0 aliphatic carbocycles. The van der Waals surface area contributed by atoms with Gasteiger partial charge in [-0.1, -0.05) is 0 Å². The van der Waals surface area contributed by atoms with Gasteiger partial charge in [0, 0.05) is 11.6 Å². The summed E-state index contributed by atoms with van der Waals surface area (Å²) in [7, 11) is 1.03. The van der Waals surface area contributed by atoms with E-state index in [1.807, 2.05) is 0 Å². The molecule has 3 nitrogen and oxygen atoms in total. The molecule has 1 rings (SSSR count). The number of ether oxygens (including phenoxy) is 2. The summed E-state index contributed by atoms with van der Waals surface area (Å²) in [5.41, 5.74) is -1.90. The number of pyridine rings is 1. The minimum absolute atomic E-state index is 0.392. The Hall–Kier alpha value is -1.67. The van der Waals surface area contributed by atoms with Crippen LogP contribution in [0.15, 0.2) is 6.07 Å². The fraction of sp³-hybridized carbons (Fsp3) is 0.444. The molecule has 0 aliphatic rings. The number of nitrogens with zero attached hydrogens (tertiary/aromatic N) is 1. The van der Waals surface area contributed by atoms with Crippen LogP contribution in [0.25, 0.3) is 0 Å². The molecule has 0 bridgehead atoms. The van der Waals surface area contributed by atoms with Crippen molar-refractivity contribution in [2.24, 2.45) is 0 Å². The molecule has 0 aliphatic heterocycles. The Balaban J connectivity index is 3.31. The molecule has 0 N–H and O–H groups in total. The van der Waals surface area contributed by atoms with Gasteiger partial charge in [-0.25, -0.2) is 4.98 Å². The fourth-order valence-electron chi connectivity index (χ4n) is 1.22. The average molecular weight is 275 g/mol. The minimum atomic E-state index is -5.13. The SMILES string of the molecule is COc1cc(OC(F)(F)F)nc(C(F)(F)F)c1C. The first-order valence-corrected chi connectivity index (χ1v) is 4.43. The molecule has 0 unspecified atom stereocenters. The van der Waals surface area contributed by atoms with E-state index in [9.17, 15) is 26.3 Å². The maximum absolute atomic E-state index is 12.5. The number of hydrogen-bond donors (Lipinski definition) is 0. The van der Waals surface area contributed by atoms with Gasteiger partial charge >= 0.3 is 12.5 Å². The second-order valence-corrected chi connectivity index (χ2v) is 3.18. The molecule has 1 heterocycles. The predicted octanol–water partition coefficient (Wildman–Crippen LogP) is 3.32. The molecule has 1 aromatic rings. The van der Waals surface area contributed by atoms with Crippen molar-refractivity contribution in [2.45, 2.75) is 19.5 Å². The second-order valence-electron chi connectivity index (χ2n) is 3.18. The van der Waals surface area contributed by atoms with Gasteiger partial charge in [-0.15, -0.1) is 13.2 Å². The van der Waals surface area contributed by atoms with Crippen molar-refractivity contribution in [2.75, 3.05) is 7.11 Å². The third-order valence-electron chi connectivity index (χ3n) is 1.91. The molecule has 0 saturated heterocycles. The highest BCUT2D eigenvalue weighted by Crippen LogP contribution is 2.37. The smallest absolute Gasteiger partial charge is 0.496 e. The van der Waals surface area contributed by atoms with Crippen LogP contribution in [0.3, 0.4) is 0 Å². The topological polar surface area (TPSA) is 31.4 Å². The number of alkyl halides is 6. The van der Waals surface area contributed by atoms with Crippen molar-refractivity contribution in [1.29, 1.82) is 0 Å². The van der Waals surface area contributed by atoms with Crippen LogP contribution in [-0.2, 0) is 6.18 Å². The Morgan fingerprint density at radius 2 is 1.67 bits per heavy atom. The maximum atomic E-state index is 12.5. The Kier molecular flexibility index (Phi) is 3.63. The molecule has 0 fully saturated rings. The van der Waals surface area contributed by atoms with Crippen molar-refractivity contribution in [1.82, 2.24) is 4.98 Å². The van der Waals surface area contributed by atoms with E-state index in [4.69, 9.17) is 0 Å². The van der Waals surface area contributed by atoms with E-state index in [-0.39, 0.29) is 0 Å². The highest BCUT2D eigenvalue weighted by molar-refractivity contribution is 5.40. The lowest BCUT2D eigenvalue weighted by molar-refractivity contribution is -0.276. The molecular formula is C9H7F6NO2. The standard InChI is InChI=1S/C9H7F6NO2/c1-4-5(17-2)3-6(18-9(13,14)15)16-7(4)8(10,11)12/h3H,1-2H3. The summed E-state index contributed by atoms with van der Waals surface area (Å²) in [6.45, 7) is 1.03. The number of halogens is 6. The normalized spacial score (nSPS) is 12.4. The summed E-state index contributed by atoms with van der Waals surface area (Å²) in [4.78, 5) is 2.79. The molecular weight excluding hydrogens is 268 g/mol. The molecule has 0 radical (unpaired) electrons. The Labute approximate surface area is 97.3 Å². The quantitative estimate of drug-likeness (QED) is 0.776. The van der Waals surface area contributed by atoms with Crippen LogP contribution in [0.1, 0.15) is 11.3 Å². The maximum Gasteiger partial charge on any atom is 0.574 e. The van der Waals surface area contributed by atoms with Gasteiger partial charge in [-0.2, -0.15) is 13.2 Å². The molecule has 18 heavy (non-hydrogen) atoms. The van der Waals surface area contributed by atoms with Crippen molar-refractivity contribution in [3.05, 3.63) is 17.3 Å². The lowest BCUT2D eigenvalue weighted by Crippen LogP contribution is -2.20. The van der Waals surface area contributed by atoms with Gasteiger partial charge < -0.3 is 9.47 Å². The summed E-state index contributed by atoms with van der Waals surface area (Å²) >= 11 is 0. The van der Waals surface area contributed by atoms with E-state index in [1.54, 1.807) is 0 Å². The zero-order valence-corrected chi connectivity index (χ0v) is 9.11. The van der Waals surface area contributed by atoms with Crippen molar-refractivity contribution in [3.63, 3.8) is 0 Å². The zero-order chi connectivity index (χ0) is 14.1. The number of rotatable bonds is 2. The third-order valence-corrected chi connectivity index (χ3v) is 1.91. The first-order chi connectivity index (χ1) is 8.04. The van der Waals surface area contributed by atoms with Crippen LogP contribution >= 0.6 is 0 Å². The number of hydrogen-bond acceptors (Lipinski definition) is 3. The van der Waals surface area contributed by atoms with Gasteiger partial charge in [0.25, 0.3) is 0 Å². The third kappa shape index (κ3) is 3.41. The predicted molar refractivity (Wildman–Crippen MR) is 47.2 cm³/mol. The minimum Gasteiger partial charge on any atom is -0.496 e. The first kappa shape index (κ1) is 14.4. The van der Waals surface area contributed by atoms with Crippen LogP contribution in [-0.4, -0.2) is 18.5 Å². The van der Waals surface area contributed by atoms with E-state index in [1.165, 1.54) is 0 Å². The van der Waals surface area contributed by atoms with Crippen LogP contribution in [0.4, 0.5) is 26.3 Å². The summed E-state index contributed by atoms with van der Waals surface area (Å²) in [5.74, 6) is -1.62. The van der Waals surface area contributed by atoms with Gasteiger partial charge in [-0.3, -0.25) is 0 Å². The van der Waals surface area contributed by atoms with Crippen LogP contribution in [0, 0.1) is 6.92 Å². The van der Waals surface area contributed by atoms with Crippen molar-refractivity contribution >= 4 is 0 Å². The molecule has 0 aromatic carbocycles. The van der Waals surface area contributed by atoms with E-state index < -0.39 is 35.4 Å². The summed E-state index contributed by atoms with van der Waals surface area (Å²) in [6, 6.07) is 0.637. The van der Waals surface area contributed by atoms with Crippen molar-refractivity contribution in [3.8, 4) is 11.6 Å². The van der Waals surface area contributed by atoms with Gasteiger partial charge in [0.05, 0.1) is 7.11 Å². The molecule has 1 aromatic heterocycles. The lowest BCUT2D eigenvalue weighted by Gasteiger charge is -2.15. The van der Waals surface area contributed by atoms with Crippen molar-refractivity contribution < 1.29 is 35.8 Å². The second kappa shape index (κ2) is 4.54. The van der Waals surface area contributed by atoms with E-state index in [0.29, 0.717) is 6.07 Å². The first-order valence-electron chi connectivity index (χ1n) is 4.43. The van der Waals surface area contributed by atoms with E-state index >= 15 is 0 Å². The molecule has 0 saturated carbocycles. The highest BCUT2D eigenvalue weighted by atomic mass is 19.4. The average Bonchev–Trinajstić information content (AvgIpc) is 2.16. The van der Waals surface area contributed by atoms with Gasteiger partial charge in [0.15, 0.2) is 5.69 Å². The van der Waals surface area contributed by atoms with E-state index in [2.05, 4.69) is 14.5 Å². The van der Waals surface area contributed by atoms with Gasteiger partial charge in [0.2, 0.25) is 5.88 Å². The molecule has 9 heteroatoms. The Morgan fingerprint density at radius 1 is 1.11 bits per heavy atom. The Morgan fingerprint density at radius 3 is 2.06 bits per heavy atom. The highest BCUT2D eigenvalue weighted by Gasteiger charge is 2.38. The molecule has 0 atom stereocenters. The number of aromatic nitrogens is 1. The molecule has 0 amide bonds. The monoisotopic (exact) mass is 275 g/mol. The van der Waals surface area contributed by atoms with Crippen LogP contribution < -0.4 is 9.47 Å². The van der Waals surface area contributed by atoms with Crippen LogP contribution in [0.5, 0.6) is 11.6 Å². The lowest BCUT2D eigenvalue weighted by atomic mass is 10.2. The summed E-state index contributed by atoms with van der Waals surface area (Å²) < 4.78 is 81.2. The zero-order valence-electron chi connectivity index (χ0n) is 9.11. The Bertz CT molecular complexity index is 440. The number of methoxy groups -OCH3 is 1. The van der Waals surface area contributed by atoms with E-state index in [0.717, 1.165) is 14.0 Å². The molecule has 0 spiro atoms. The summed E-state index contributed by atoms with van der Waals surface area (Å²) in [6.07, 6.45) is -10.0. The fourth-order valence-corrected chi connectivity index (χ4v) is 1.22. The largest absolute Gasteiger partial charge is 0.574 e. The van der Waals surface area contributed by atoms with Gasteiger partial charge in [-0.05, 0) is 6.92 Å². The summed E-state index contributed by atoms with van der Waals surface area (Å²) in [5, 5.41) is 0. The van der Waals surface area contributed by atoms with Crippen LogP contribution in [0.2, 0.25) is 0 Å².